The summed E-state index contributed by atoms with van der Waals surface area (Å²) in [4.78, 5) is 2.70. The van der Waals surface area contributed by atoms with Crippen molar-refractivity contribution in [1.29, 1.82) is 0 Å². The molecule has 0 aliphatic carbocycles. The van der Waals surface area contributed by atoms with Crippen molar-refractivity contribution in [3.63, 3.8) is 0 Å². The highest BCUT2D eigenvalue weighted by atomic mass is 15.2. The van der Waals surface area contributed by atoms with Gasteiger partial charge in [-0.2, -0.15) is 0 Å². The third-order valence-corrected chi connectivity index (χ3v) is 4.60. The van der Waals surface area contributed by atoms with E-state index in [0.29, 0.717) is 17.5 Å². The van der Waals surface area contributed by atoms with Gasteiger partial charge >= 0.3 is 0 Å². The first-order valence-electron chi connectivity index (χ1n) is 8.43. The molecule has 2 rings (SSSR count). The maximum absolute atomic E-state index is 3.76. The summed E-state index contributed by atoms with van der Waals surface area (Å²) < 4.78 is 0. The minimum absolute atomic E-state index is 0.314. The molecule has 1 saturated heterocycles. The Bertz CT molecular complexity index is 447. The highest BCUT2D eigenvalue weighted by molar-refractivity contribution is 5.22. The molecule has 1 heterocycles. The van der Waals surface area contributed by atoms with E-state index in [0.717, 1.165) is 13.1 Å². The zero-order chi connectivity index (χ0) is 15.5. The van der Waals surface area contributed by atoms with Gasteiger partial charge in [0, 0.05) is 31.7 Å². The summed E-state index contributed by atoms with van der Waals surface area (Å²) in [6, 6.07) is 10.2. The van der Waals surface area contributed by atoms with Crippen LogP contribution in [-0.4, -0.2) is 30.1 Å². The smallest absolute Gasteiger partial charge is 0.0273 e. The predicted molar refractivity (Wildman–Crippen MR) is 91.5 cm³/mol. The number of hydrogen-bond donors (Lipinski definition) is 1. The standard InChI is InChI=1S/C19H32N2/c1-6-8-17-14-21(18(12-20-17)19(3,4)5)13-16-10-7-9-15(2)11-16/h7,9-11,17-18,20H,6,8,12-14H2,1-5H3. The van der Waals surface area contributed by atoms with Crippen LogP contribution in [0.25, 0.3) is 0 Å². The summed E-state index contributed by atoms with van der Waals surface area (Å²) in [5.74, 6) is 0. The van der Waals surface area contributed by atoms with Crippen molar-refractivity contribution >= 4 is 0 Å². The lowest BCUT2D eigenvalue weighted by molar-refractivity contribution is 0.0474. The molecular formula is C19H32N2. The third-order valence-electron chi connectivity index (χ3n) is 4.60. The van der Waals surface area contributed by atoms with Crippen LogP contribution in [0.2, 0.25) is 0 Å². The van der Waals surface area contributed by atoms with Gasteiger partial charge in [0.2, 0.25) is 0 Å². The molecule has 0 saturated carbocycles. The van der Waals surface area contributed by atoms with Crippen LogP contribution in [0.15, 0.2) is 24.3 Å². The van der Waals surface area contributed by atoms with Gasteiger partial charge in [0.05, 0.1) is 0 Å². The highest BCUT2D eigenvalue weighted by Gasteiger charge is 2.35. The molecule has 0 aromatic heterocycles. The Morgan fingerprint density at radius 2 is 2.05 bits per heavy atom. The van der Waals surface area contributed by atoms with E-state index < -0.39 is 0 Å². The zero-order valence-corrected chi connectivity index (χ0v) is 14.4. The average Bonchev–Trinajstić information content (AvgIpc) is 2.38. The number of aryl methyl sites for hydroxylation is 1. The molecule has 1 aliphatic heterocycles. The van der Waals surface area contributed by atoms with Gasteiger partial charge in [-0.1, -0.05) is 63.9 Å². The fraction of sp³-hybridized carbons (Fsp3) is 0.684. The molecule has 1 aromatic carbocycles. The van der Waals surface area contributed by atoms with Crippen LogP contribution >= 0.6 is 0 Å². The summed E-state index contributed by atoms with van der Waals surface area (Å²) in [7, 11) is 0. The zero-order valence-electron chi connectivity index (χ0n) is 14.4. The van der Waals surface area contributed by atoms with Gasteiger partial charge in [0.15, 0.2) is 0 Å². The van der Waals surface area contributed by atoms with Gasteiger partial charge in [-0.15, -0.1) is 0 Å². The van der Waals surface area contributed by atoms with E-state index in [1.54, 1.807) is 0 Å². The molecule has 21 heavy (non-hydrogen) atoms. The van der Waals surface area contributed by atoms with E-state index in [1.807, 2.05) is 0 Å². The number of nitrogens with one attached hydrogen (secondary N) is 1. The van der Waals surface area contributed by atoms with Crippen LogP contribution in [0.5, 0.6) is 0 Å². The van der Waals surface area contributed by atoms with E-state index in [4.69, 9.17) is 0 Å². The Morgan fingerprint density at radius 3 is 2.67 bits per heavy atom. The monoisotopic (exact) mass is 288 g/mol. The minimum atomic E-state index is 0.314. The first-order valence-corrected chi connectivity index (χ1v) is 8.43. The van der Waals surface area contributed by atoms with E-state index >= 15 is 0 Å². The molecule has 2 nitrogen and oxygen atoms in total. The molecular weight excluding hydrogens is 256 g/mol. The minimum Gasteiger partial charge on any atom is -0.311 e. The van der Waals surface area contributed by atoms with E-state index in [9.17, 15) is 0 Å². The van der Waals surface area contributed by atoms with Crippen molar-refractivity contribution in [3.8, 4) is 0 Å². The molecule has 2 heteroatoms. The molecule has 1 aliphatic rings. The van der Waals surface area contributed by atoms with Crippen molar-refractivity contribution in [2.75, 3.05) is 13.1 Å². The second-order valence-electron chi connectivity index (χ2n) is 7.69. The largest absolute Gasteiger partial charge is 0.311 e. The Labute approximate surface area is 130 Å². The second kappa shape index (κ2) is 6.93. The number of hydrogen-bond acceptors (Lipinski definition) is 2. The SMILES string of the molecule is CCCC1CN(Cc2cccc(C)c2)C(C(C)(C)C)CN1. The van der Waals surface area contributed by atoms with E-state index in [-0.39, 0.29) is 0 Å². The quantitative estimate of drug-likeness (QED) is 0.901. The van der Waals surface area contributed by atoms with Crippen molar-refractivity contribution in [2.45, 2.75) is 66.1 Å². The maximum Gasteiger partial charge on any atom is 0.0273 e. The first kappa shape index (κ1) is 16.5. The Kier molecular flexibility index (Phi) is 5.45. The summed E-state index contributed by atoms with van der Waals surface area (Å²) in [6.45, 7) is 14.9. The highest BCUT2D eigenvalue weighted by Crippen LogP contribution is 2.28. The average molecular weight is 288 g/mol. The first-order chi connectivity index (χ1) is 9.90. The molecule has 1 aromatic rings. The molecule has 2 unspecified atom stereocenters. The molecule has 1 N–H and O–H groups in total. The second-order valence-corrected chi connectivity index (χ2v) is 7.69. The Morgan fingerprint density at radius 1 is 1.29 bits per heavy atom. The van der Waals surface area contributed by atoms with Gasteiger partial charge in [0.25, 0.3) is 0 Å². The summed E-state index contributed by atoms with van der Waals surface area (Å²) in [5.41, 5.74) is 3.12. The van der Waals surface area contributed by atoms with Gasteiger partial charge in [-0.3, -0.25) is 4.90 Å². The normalized spacial score (nSPS) is 24.2. The summed E-state index contributed by atoms with van der Waals surface area (Å²) in [5, 5.41) is 3.76. The van der Waals surface area contributed by atoms with Gasteiger partial charge in [0.1, 0.15) is 0 Å². The van der Waals surface area contributed by atoms with Gasteiger partial charge in [-0.25, -0.2) is 0 Å². The van der Waals surface area contributed by atoms with Crippen LogP contribution in [0.1, 0.15) is 51.7 Å². The molecule has 0 radical (unpaired) electrons. The van der Waals surface area contributed by atoms with Gasteiger partial charge in [-0.05, 0) is 24.3 Å². The van der Waals surface area contributed by atoms with Crippen LogP contribution in [0.4, 0.5) is 0 Å². The van der Waals surface area contributed by atoms with Crippen molar-refractivity contribution in [3.05, 3.63) is 35.4 Å². The van der Waals surface area contributed by atoms with Gasteiger partial charge < -0.3 is 5.32 Å². The topological polar surface area (TPSA) is 15.3 Å². The molecule has 2 atom stereocenters. The number of benzene rings is 1. The van der Waals surface area contributed by atoms with Crippen LogP contribution < -0.4 is 5.32 Å². The van der Waals surface area contributed by atoms with E-state index in [1.165, 1.54) is 30.5 Å². The lowest BCUT2D eigenvalue weighted by Crippen LogP contribution is -2.60. The summed E-state index contributed by atoms with van der Waals surface area (Å²) >= 11 is 0. The maximum atomic E-state index is 3.76. The predicted octanol–water partition coefficient (Wildman–Crippen LogP) is 3.98. The van der Waals surface area contributed by atoms with Crippen LogP contribution in [0.3, 0.4) is 0 Å². The number of rotatable bonds is 4. The third kappa shape index (κ3) is 4.55. The molecule has 0 spiro atoms. The molecule has 0 amide bonds. The van der Waals surface area contributed by atoms with Crippen LogP contribution in [-0.2, 0) is 6.54 Å². The van der Waals surface area contributed by atoms with E-state index in [2.05, 4.69) is 69.1 Å². The molecule has 118 valence electrons. The lowest BCUT2D eigenvalue weighted by Gasteiger charge is -2.46. The van der Waals surface area contributed by atoms with Crippen molar-refractivity contribution < 1.29 is 0 Å². The summed E-state index contributed by atoms with van der Waals surface area (Å²) in [6.07, 6.45) is 2.54. The Balaban J connectivity index is 2.13. The lowest BCUT2D eigenvalue weighted by atomic mass is 9.83. The van der Waals surface area contributed by atoms with Crippen LogP contribution in [0, 0.1) is 12.3 Å². The fourth-order valence-corrected chi connectivity index (χ4v) is 3.50. The van der Waals surface area contributed by atoms with Crippen molar-refractivity contribution in [1.82, 2.24) is 10.2 Å². The van der Waals surface area contributed by atoms with Crippen molar-refractivity contribution in [2.24, 2.45) is 5.41 Å². The number of piperazine rings is 1. The fourth-order valence-electron chi connectivity index (χ4n) is 3.50. The molecule has 0 bridgehead atoms. The molecule has 1 fully saturated rings. The number of nitrogens with zero attached hydrogens (tertiary/aromatic N) is 1. The Hall–Kier alpha value is -0.860.